The SMILES string of the molecule is O=C([C@H](O)[13C@H](O)CO)[13C@@H](O)CO. The van der Waals surface area contributed by atoms with Gasteiger partial charge in [-0.15, -0.1) is 0 Å². The van der Waals surface area contributed by atoms with Gasteiger partial charge in [0.15, 0.2) is 5.78 Å². The summed E-state index contributed by atoms with van der Waals surface area (Å²) in [4.78, 5) is 10.7. The first kappa shape index (κ1) is 11.5. The number of rotatable bonds is 5. The fourth-order valence-corrected chi connectivity index (χ4v) is 0.577. The van der Waals surface area contributed by atoms with Crippen molar-refractivity contribution in [2.75, 3.05) is 13.2 Å². The number of ketones is 1. The molecular weight excluding hydrogens is 170 g/mol. The summed E-state index contributed by atoms with van der Waals surface area (Å²) in [5, 5.41) is 42.9. The number of carbonyl (C=O) groups is 1. The van der Waals surface area contributed by atoms with Crippen LogP contribution in [0.4, 0.5) is 0 Å². The van der Waals surface area contributed by atoms with Crippen molar-refractivity contribution in [3.63, 3.8) is 0 Å². The lowest BCUT2D eigenvalue weighted by molar-refractivity contribution is -0.144. The van der Waals surface area contributed by atoms with Crippen LogP contribution in [0, 0.1) is 0 Å². The molecule has 0 rings (SSSR count). The summed E-state index contributed by atoms with van der Waals surface area (Å²) in [6.07, 6.45) is -5.21. The Hall–Kier alpha value is -0.530. The van der Waals surface area contributed by atoms with Gasteiger partial charge >= 0.3 is 0 Å². The third-order valence-electron chi connectivity index (χ3n) is 1.34. The van der Waals surface area contributed by atoms with Crippen molar-refractivity contribution in [3.05, 3.63) is 0 Å². The summed E-state index contributed by atoms with van der Waals surface area (Å²) in [6, 6.07) is 0. The van der Waals surface area contributed by atoms with E-state index < -0.39 is 37.3 Å². The number of aliphatic hydroxyl groups excluding tert-OH is 5. The van der Waals surface area contributed by atoms with E-state index in [0.717, 1.165) is 0 Å². The molecule has 0 aromatic rings. The maximum atomic E-state index is 10.7. The molecule has 0 aromatic carbocycles. The topological polar surface area (TPSA) is 118 Å². The summed E-state index contributed by atoms with van der Waals surface area (Å²) in [5.74, 6) is -1.11. The molecule has 12 heavy (non-hydrogen) atoms. The van der Waals surface area contributed by atoms with Crippen LogP contribution in [0.5, 0.6) is 0 Å². The van der Waals surface area contributed by atoms with E-state index in [2.05, 4.69) is 0 Å². The smallest absolute Gasteiger partial charge is 0.194 e. The minimum Gasteiger partial charge on any atom is -0.394 e. The molecule has 0 bridgehead atoms. The Morgan fingerprint density at radius 3 is 1.92 bits per heavy atom. The molecule has 6 heteroatoms. The van der Waals surface area contributed by atoms with E-state index in [1.165, 1.54) is 0 Å². The minimum atomic E-state index is -1.86. The Balaban J connectivity index is 4.09. The van der Waals surface area contributed by atoms with Crippen LogP contribution in [-0.4, -0.2) is 62.8 Å². The number of hydrogen-bond donors (Lipinski definition) is 5. The molecule has 0 aliphatic rings. The summed E-state index contributed by atoms with van der Waals surface area (Å²) in [6.45, 7) is -1.61. The van der Waals surface area contributed by atoms with Crippen LogP contribution in [0.3, 0.4) is 0 Å². The lowest BCUT2D eigenvalue weighted by Crippen LogP contribution is -2.43. The molecule has 0 amide bonds. The molecule has 0 saturated heterocycles. The number of hydrogen-bond acceptors (Lipinski definition) is 6. The lowest BCUT2D eigenvalue weighted by atomic mass is 10.3. The molecule has 0 heterocycles. The van der Waals surface area contributed by atoms with Crippen molar-refractivity contribution >= 4 is 5.78 Å². The number of carbonyl (C=O) groups excluding carboxylic acids is 1. The highest BCUT2D eigenvalue weighted by Crippen LogP contribution is 1.98. The molecule has 0 aliphatic carbocycles. The van der Waals surface area contributed by atoms with E-state index in [-0.39, 0.29) is 0 Å². The molecule has 0 unspecified atom stereocenters. The predicted octanol–water partition coefficient (Wildman–Crippen LogP) is -3.38. The van der Waals surface area contributed by atoms with Gasteiger partial charge in [0.2, 0.25) is 0 Å². The summed E-state index contributed by atoms with van der Waals surface area (Å²) >= 11 is 0. The molecule has 6 nitrogen and oxygen atoms in total. The Bertz CT molecular complexity index is 147. The highest BCUT2D eigenvalue weighted by Gasteiger charge is 2.28. The van der Waals surface area contributed by atoms with Gasteiger partial charge in [-0.3, -0.25) is 4.79 Å². The molecule has 0 aromatic heterocycles. The van der Waals surface area contributed by atoms with E-state index in [0.29, 0.717) is 0 Å². The quantitative estimate of drug-likeness (QED) is 0.283. The molecule has 5 N–H and O–H groups in total. The van der Waals surface area contributed by atoms with Crippen molar-refractivity contribution in [3.8, 4) is 0 Å². The monoisotopic (exact) mass is 182 g/mol. The van der Waals surface area contributed by atoms with Gasteiger partial charge in [0.25, 0.3) is 0 Å². The van der Waals surface area contributed by atoms with Crippen LogP contribution >= 0.6 is 0 Å². The zero-order valence-corrected chi connectivity index (χ0v) is 6.29. The number of Topliss-reactive ketones (excluding diaryl/α,β-unsaturated/α-hetero) is 1. The molecule has 0 aliphatic heterocycles. The van der Waals surface area contributed by atoms with Gasteiger partial charge in [0.1, 0.15) is 18.3 Å². The fourth-order valence-electron chi connectivity index (χ4n) is 0.577. The molecule has 0 radical (unpaired) electrons. The third kappa shape index (κ3) is 2.84. The van der Waals surface area contributed by atoms with Gasteiger partial charge < -0.3 is 25.5 Å². The van der Waals surface area contributed by atoms with Crippen molar-refractivity contribution in [2.45, 2.75) is 18.3 Å². The highest BCUT2D eigenvalue weighted by molar-refractivity contribution is 5.87. The normalized spacial score (nSPS) is 18.4. The van der Waals surface area contributed by atoms with Gasteiger partial charge in [-0.2, -0.15) is 0 Å². The first-order valence-corrected chi connectivity index (χ1v) is 3.34. The largest absolute Gasteiger partial charge is 0.394 e. The van der Waals surface area contributed by atoms with E-state index >= 15 is 0 Å². The zero-order valence-electron chi connectivity index (χ0n) is 6.29. The van der Waals surface area contributed by atoms with Crippen LogP contribution in [0.2, 0.25) is 0 Å². The minimum absolute atomic E-state index is 0.787. The molecule has 72 valence electrons. The lowest BCUT2D eigenvalue weighted by Gasteiger charge is -2.16. The maximum absolute atomic E-state index is 10.7. The summed E-state index contributed by atoms with van der Waals surface area (Å²) in [7, 11) is 0. The van der Waals surface area contributed by atoms with Crippen molar-refractivity contribution in [1.82, 2.24) is 0 Å². The third-order valence-corrected chi connectivity index (χ3v) is 1.34. The van der Waals surface area contributed by atoms with Crippen LogP contribution < -0.4 is 0 Å². The first-order valence-electron chi connectivity index (χ1n) is 3.34. The van der Waals surface area contributed by atoms with Crippen molar-refractivity contribution in [2.24, 2.45) is 0 Å². The van der Waals surface area contributed by atoms with E-state index in [4.69, 9.17) is 25.5 Å². The molecule has 0 spiro atoms. The van der Waals surface area contributed by atoms with Gasteiger partial charge in [-0.1, -0.05) is 0 Å². The van der Waals surface area contributed by atoms with Gasteiger partial charge in [0, 0.05) is 0 Å². The van der Waals surface area contributed by atoms with Crippen LogP contribution in [0.15, 0.2) is 0 Å². The second kappa shape index (κ2) is 5.18. The van der Waals surface area contributed by atoms with Gasteiger partial charge in [0.05, 0.1) is 13.2 Å². The zero-order chi connectivity index (χ0) is 9.72. The second-order valence-electron chi connectivity index (χ2n) is 2.30. The Kier molecular flexibility index (Phi) is 4.95. The molecular formula is C6H12O6. The van der Waals surface area contributed by atoms with Gasteiger partial charge in [-0.25, -0.2) is 0 Å². The second-order valence-corrected chi connectivity index (χ2v) is 2.30. The van der Waals surface area contributed by atoms with Crippen LogP contribution in [-0.2, 0) is 4.79 Å². The molecule has 3 atom stereocenters. The Morgan fingerprint density at radius 2 is 1.58 bits per heavy atom. The predicted molar refractivity (Wildman–Crippen MR) is 37.2 cm³/mol. The van der Waals surface area contributed by atoms with Gasteiger partial charge in [-0.05, 0) is 0 Å². The standard InChI is InChI=1S/C6H12O6/c7-1-3(9)5(11)6(12)4(10)2-8/h3-5,7-11H,1-2H2/t3-,4+,5-/m1/s1/i3+1,4+1. The fraction of sp³-hybridized carbons (Fsp3) is 0.833. The van der Waals surface area contributed by atoms with Crippen LogP contribution in [0.1, 0.15) is 0 Å². The van der Waals surface area contributed by atoms with Crippen molar-refractivity contribution in [1.29, 1.82) is 0 Å². The molecule has 0 fully saturated rings. The van der Waals surface area contributed by atoms with Crippen LogP contribution in [0.25, 0.3) is 0 Å². The number of aliphatic hydroxyl groups is 5. The Morgan fingerprint density at radius 1 is 1.08 bits per heavy atom. The van der Waals surface area contributed by atoms with E-state index in [9.17, 15) is 4.79 Å². The first-order chi connectivity index (χ1) is 5.54. The van der Waals surface area contributed by atoms with Crippen molar-refractivity contribution < 1.29 is 30.3 Å². The molecule has 0 saturated carbocycles. The summed E-state index contributed by atoms with van der Waals surface area (Å²) in [5.41, 5.74) is 0. The Labute approximate surface area is 68.7 Å². The average molecular weight is 182 g/mol. The average Bonchev–Trinajstić information content (AvgIpc) is 2.12. The maximum Gasteiger partial charge on any atom is 0.194 e. The van der Waals surface area contributed by atoms with E-state index in [1.807, 2.05) is 0 Å². The van der Waals surface area contributed by atoms with E-state index in [1.54, 1.807) is 0 Å². The highest BCUT2D eigenvalue weighted by atomic mass is 16.4. The summed E-state index contributed by atoms with van der Waals surface area (Å²) < 4.78 is 0.